The molecule has 0 atom stereocenters. The SMILES string of the molecule is O=C(CSc1ccccc1F)N/N=C\c1cccc([N+](=O)[O-])c1. The molecule has 0 fully saturated rings. The summed E-state index contributed by atoms with van der Waals surface area (Å²) >= 11 is 1.06. The highest BCUT2D eigenvalue weighted by molar-refractivity contribution is 8.00. The van der Waals surface area contributed by atoms with Gasteiger partial charge in [0.25, 0.3) is 5.69 Å². The van der Waals surface area contributed by atoms with Crippen LogP contribution >= 0.6 is 11.8 Å². The fourth-order valence-electron chi connectivity index (χ4n) is 1.63. The van der Waals surface area contributed by atoms with Crippen molar-refractivity contribution in [2.45, 2.75) is 4.90 Å². The Hall–Kier alpha value is -2.74. The Morgan fingerprint density at radius 3 is 2.83 bits per heavy atom. The van der Waals surface area contributed by atoms with Gasteiger partial charge < -0.3 is 0 Å². The topological polar surface area (TPSA) is 84.6 Å². The summed E-state index contributed by atoms with van der Waals surface area (Å²) in [6.07, 6.45) is 1.30. The number of benzene rings is 2. The molecular formula is C15H12FN3O3S. The molecule has 0 bridgehead atoms. The summed E-state index contributed by atoms with van der Waals surface area (Å²) < 4.78 is 13.4. The first-order valence-electron chi connectivity index (χ1n) is 6.50. The number of thioether (sulfide) groups is 1. The predicted octanol–water partition coefficient (Wildman–Crippen LogP) is 2.98. The van der Waals surface area contributed by atoms with Crippen LogP contribution in [-0.4, -0.2) is 22.8 Å². The Balaban J connectivity index is 1.85. The van der Waals surface area contributed by atoms with Gasteiger partial charge in [-0.3, -0.25) is 14.9 Å². The number of non-ortho nitro benzene ring substituents is 1. The molecule has 0 aliphatic carbocycles. The van der Waals surface area contributed by atoms with E-state index in [0.717, 1.165) is 11.8 Å². The second-order valence-corrected chi connectivity index (χ2v) is 5.38. The summed E-state index contributed by atoms with van der Waals surface area (Å²) in [7, 11) is 0. The average molecular weight is 333 g/mol. The molecule has 8 heteroatoms. The average Bonchev–Trinajstić information content (AvgIpc) is 2.54. The number of hydrogen-bond donors (Lipinski definition) is 1. The Labute approximate surface area is 135 Å². The van der Waals surface area contributed by atoms with E-state index in [-0.39, 0.29) is 17.3 Å². The Morgan fingerprint density at radius 2 is 2.09 bits per heavy atom. The molecule has 0 unspecified atom stereocenters. The number of hydrazone groups is 1. The van der Waals surface area contributed by atoms with Crippen LogP contribution in [0.25, 0.3) is 0 Å². The van der Waals surface area contributed by atoms with Crippen molar-refractivity contribution >= 4 is 29.6 Å². The van der Waals surface area contributed by atoms with Gasteiger partial charge >= 0.3 is 0 Å². The van der Waals surface area contributed by atoms with Gasteiger partial charge in [-0.25, -0.2) is 9.82 Å². The smallest absolute Gasteiger partial charge is 0.270 e. The van der Waals surface area contributed by atoms with Gasteiger partial charge in [-0.05, 0) is 12.1 Å². The maximum Gasteiger partial charge on any atom is 0.270 e. The lowest BCUT2D eigenvalue weighted by molar-refractivity contribution is -0.384. The minimum Gasteiger partial charge on any atom is -0.272 e. The van der Waals surface area contributed by atoms with Crippen LogP contribution < -0.4 is 5.43 Å². The molecule has 6 nitrogen and oxygen atoms in total. The van der Waals surface area contributed by atoms with Crippen molar-refractivity contribution in [3.8, 4) is 0 Å². The van der Waals surface area contributed by atoms with Crippen LogP contribution in [0, 0.1) is 15.9 Å². The Bertz CT molecular complexity index is 752. The fourth-order valence-corrected chi connectivity index (χ4v) is 2.37. The van der Waals surface area contributed by atoms with E-state index in [9.17, 15) is 19.3 Å². The van der Waals surface area contributed by atoms with Crippen molar-refractivity contribution in [1.29, 1.82) is 0 Å². The first kappa shape index (κ1) is 16.6. The number of nitrogens with zero attached hydrogens (tertiary/aromatic N) is 2. The molecule has 2 rings (SSSR count). The van der Waals surface area contributed by atoms with Crippen LogP contribution in [0.4, 0.5) is 10.1 Å². The molecule has 23 heavy (non-hydrogen) atoms. The summed E-state index contributed by atoms with van der Waals surface area (Å²) in [5.74, 6) is -0.780. The number of hydrogen-bond acceptors (Lipinski definition) is 5. The van der Waals surface area contributed by atoms with Crippen molar-refractivity contribution in [2.75, 3.05) is 5.75 Å². The molecule has 2 aromatic rings. The quantitative estimate of drug-likeness (QED) is 0.381. The van der Waals surface area contributed by atoms with E-state index in [1.165, 1.54) is 30.5 Å². The number of carbonyl (C=O) groups excluding carboxylic acids is 1. The van der Waals surface area contributed by atoms with Gasteiger partial charge in [0.05, 0.1) is 16.9 Å². The lowest BCUT2D eigenvalue weighted by atomic mass is 10.2. The second-order valence-electron chi connectivity index (χ2n) is 4.36. The molecular weight excluding hydrogens is 321 g/mol. The van der Waals surface area contributed by atoms with Gasteiger partial charge in [0, 0.05) is 22.6 Å². The van der Waals surface area contributed by atoms with Crippen molar-refractivity contribution in [3.05, 3.63) is 70.0 Å². The molecule has 2 aromatic carbocycles. The molecule has 0 saturated carbocycles. The molecule has 1 amide bonds. The number of nitrogens with one attached hydrogen (secondary N) is 1. The summed E-state index contributed by atoms with van der Waals surface area (Å²) in [6, 6.07) is 12.0. The minimum atomic E-state index is -0.513. The highest BCUT2D eigenvalue weighted by atomic mass is 32.2. The van der Waals surface area contributed by atoms with Crippen LogP contribution in [0.2, 0.25) is 0 Å². The molecule has 0 aliphatic rings. The molecule has 0 heterocycles. The maximum absolute atomic E-state index is 13.4. The monoisotopic (exact) mass is 333 g/mol. The van der Waals surface area contributed by atoms with Gasteiger partial charge in [-0.2, -0.15) is 5.10 Å². The summed E-state index contributed by atoms with van der Waals surface area (Å²) in [4.78, 5) is 22.1. The van der Waals surface area contributed by atoms with Gasteiger partial charge in [-0.1, -0.05) is 24.3 Å². The van der Waals surface area contributed by atoms with Gasteiger partial charge in [0.2, 0.25) is 5.91 Å². The molecule has 118 valence electrons. The lowest BCUT2D eigenvalue weighted by Gasteiger charge is -2.02. The van der Waals surface area contributed by atoms with E-state index >= 15 is 0 Å². The van der Waals surface area contributed by atoms with Crippen molar-refractivity contribution in [3.63, 3.8) is 0 Å². The molecule has 0 aromatic heterocycles. The third-order valence-electron chi connectivity index (χ3n) is 2.68. The number of carbonyl (C=O) groups is 1. The first-order chi connectivity index (χ1) is 11.1. The van der Waals surface area contributed by atoms with E-state index in [4.69, 9.17) is 0 Å². The number of amides is 1. The lowest BCUT2D eigenvalue weighted by Crippen LogP contribution is -2.19. The zero-order chi connectivity index (χ0) is 16.7. The number of nitro benzene ring substituents is 1. The number of rotatable bonds is 6. The van der Waals surface area contributed by atoms with E-state index < -0.39 is 10.8 Å². The summed E-state index contributed by atoms with van der Waals surface area (Å²) in [5, 5.41) is 14.4. The van der Waals surface area contributed by atoms with Crippen molar-refractivity contribution < 1.29 is 14.1 Å². The van der Waals surface area contributed by atoms with Crippen LogP contribution in [0.5, 0.6) is 0 Å². The Morgan fingerprint density at radius 1 is 1.30 bits per heavy atom. The van der Waals surface area contributed by atoms with Crippen LogP contribution in [0.1, 0.15) is 5.56 Å². The third kappa shape index (κ3) is 5.19. The summed E-state index contributed by atoms with van der Waals surface area (Å²) in [6.45, 7) is 0. The van der Waals surface area contributed by atoms with Gasteiger partial charge in [0.15, 0.2) is 0 Å². The zero-order valence-electron chi connectivity index (χ0n) is 11.8. The molecule has 0 aliphatic heterocycles. The Kier molecular flexibility index (Phi) is 5.81. The number of nitro groups is 1. The van der Waals surface area contributed by atoms with Crippen molar-refractivity contribution in [1.82, 2.24) is 5.43 Å². The van der Waals surface area contributed by atoms with E-state index in [1.54, 1.807) is 24.3 Å². The normalized spacial score (nSPS) is 10.7. The third-order valence-corrected chi connectivity index (χ3v) is 3.73. The zero-order valence-corrected chi connectivity index (χ0v) is 12.6. The minimum absolute atomic E-state index is 0.00715. The van der Waals surface area contributed by atoms with Crippen molar-refractivity contribution in [2.24, 2.45) is 5.10 Å². The second kappa shape index (κ2) is 8.04. The van der Waals surface area contributed by atoms with E-state index in [0.29, 0.717) is 10.5 Å². The highest BCUT2D eigenvalue weighted by Gasteiger charge is 2.06. The molecule has 1 N–H and O–H groups in total. The van der Waals surface area contributed by atoms with Crippen LogP contribution in [-0.2, 0) is 4.79 Å². The van der Waals surface area contributed by atoms with Crippen LogP contribution in [0.15, 0.2) is 58.5 Å². The summed E-state index contributed by atoms with van der Waals surface area (Å²) in [5.41, 5.74) is 2.71. The largest absolute Gasteiger partial charge is 0.272 e. The van der Waals surface area contributed by atoms with E-state index in [1.807, 2.05) is 0 Å². The first-order valence-corrected chi connectivity index (χ1v) is 7.48. The maximum atomic E-state index is 13.4. The predicted molar refractivity (Wildman–Crippen MR) is 86.0 cm³/mol. The van der Waals surface area contributed by atoms with Crippen LogP contribution in [0.3, 0.4) is 0 Å². The molecule has 0 spiro atoms. The number of halogens is 1. The molecule has 0 saturated heterocycles. The van der Waals surface area contributed by atoms with Gasteiger partial charge in [0.1, 0.15) is 5.82 Å². The highest BCUT2D eigenvalue weighted by Crippen LogP contribution is 2.20. The van der Waals surface area contributed by atoms with Gasteiger partial charge in [-0.15, -0.1) is 11.8 Å². The fraction of sp³-hybridized carbons (Fsp3) is 0.0667. The van der Waals surface area contributed by atoms with E-state index in [2.05, 4.69) is 10.5 Å². The standard InChI is InChI=1S/C15H12FN3O3S/c16-13-6-1-2-7-14(13)23-10-15(20)18-17-9-11-4-3-5-12(8-11)19(21)22/h1-9H,10H2,(H,18,20)/b17-9-. The molecule has 0 radical (unpaired) electrons.